The molecule has 0 atom stereocenters. The van der Waals surface area contributed by atoms with Crippen LogP contribution in [0, 0.1) is 0 Å². The van der Waals surface area contributed by atoms with E-state index in [0.717, 1.165) is 72.8 Å². The van der Waals surface area contributed by atoms with E-state index in [0.29, 0.717) is 0 Å². The summed E-state index contributed by atoms with van der Waals surface area (Å²) in [6.07, 6.45) is 0. The second-order valence-electron chi connectivity index (χ2n) is 7.06. The van der Waals surface area contributed by atoms with E-state index in [1.807, 2.05) is 0 Å². The van der Waals surface area contributed by atoms with Crippen LogP contribution in [0.4, 0.5) is 0 Å². The molecule has 0 aromatic heterocycles. The summed E-state index contributed by atoms with van der Waals surface area (Å²) in [7, 11) is -29.7. The second kappa shape index (κ2) is 16.1. The molecule has 2 radical (unpaired) electrons. The van der Waals surface area contributed by atoms with Gasteiger partial charge in [0.1, 0.15) is 60.7 Å². The van der Waals surface area contributed by atoms with Gasteiger partial charge in [0.25, 0.3) is 0 Å². The zero-order valence-corrected chi connectivity index (χ0v) is 27.5. The number of hydrogen-bond donors (Lipinski definition) is 0. The van der Waals surface area contributed by atoms with Crippen molar-refractivity contribution < 1.29 is 112 Å². The summed E-state index contributed by atoms with van der Waals surface area (Å²) in [6, 6.07) is 11.5. The minimum atomic E-state index is -4.95. The van der Waals surface area contributed by atoms with Gasteiger partial charge in [0, 0.05) is 0 Å². The number of benzene rings is 3. The quantitative estimate of drug-likeness (QED) is 0.201. The van der Waals surface area contributed by atoms with Crippen LogP contribution < -0.4 is 0 Å². The molecule has 0 aliphatic rings. The van der Waals surface area contributed by atoms with Crippen molar-refractivity contribution in [1.29, 1.82) is 0 Å². The van der Waals surface area contributed by atoms with Crippen molar-refractivity contribution in [2.75, 3.05) is 0 Å². The van der Waals surface area contributed by atoms with Crippen molar-refractivity contribution in [2.45, 2.75) is 29.4 Å². The molecule has 0 N–H and O–H groups in total. The van der Waals surface area contributed by atoms with Crippen molar-refractivity contribution in [2.24, 2.45) is 0 Å². The zero-order valence-electron chi connectivity index (χ0n) is 20.4. The molecule has 0 aliphatic heterocycles. The molecule has 3 rings (SSSR count). The number of hydrogen-bond acceptors (Lipinski definition) is 18. The van der Waals surface area contributed by atoms with Crippen LogP contribution in [0.15, 0.2) is 102 Å². The van der Waals surface area contributed by atoms with Gasteiger partial charge in [-0.05, 0) is 36.4 Å². The first kappa shape index (κ1) is 44.3. The smallest absolute Gasteiger partial charge is 0.744 e. The molecule has 3 aromatic rings. The molecule has 0 saturated heterocycles. The molecule has 0 heterocycles. The van der Waals surface area contributed by atoms with Gasteiger partial charge in [-0.1, -0.05) is 36.4 Å². The first-order chi connectivity index (χ1) is 18.7. The Morgan fingerprint density at radius 3 is 0.432 bits per heavy atom. The summed E-state index contributed by atoms with van der Waals surface area (Å²) < 4.78 is 190. The number of rotatable bonds is 6. The molecular formula is C18H12Fe2O18S6. The van der Waals surface area contributed by atoms with Crippen LogP contribution in [0.2, 0.25) is 0 Å². The van der Waals surface area contributed by atoms with Gasteiger partial charge in [-0.3, -0.25) is 0 Å². The second-order valence-corrected chi connectivity index (χ2v) is 15.2. The molecule has 26 heteroatoms. The molecule has 0 fully saturated rings. The van der Waals surface area contributed by atoms with Crippen molar-refractivity contribution >= 4 is 60.7 Å². The standard InChI is InChI=1S/3C6H6O6S2.2Fe/c3*7-13(8,9)5-3-1-2-4-6(5)14(10,11)12;;/h3*1-4H,(H,7,8,9)(H,10,11,12);;/q;;;2*+3/p-6. The maximum absolute atomic E-state index is 10.5. The summed E-state index contributed by atoms with van der Waals surface area (Å²) in [5.74, 6) is 0. The topological polar surface area (TPSA) is 343 Å². The third kappa shape index (κ3) is 13.7. The van der Waals surface area contributed by atoms with Gasteiger partial charge in [-0.25, -0.2) is 50.5 Å². The van der Waals surface area contributed by atoms with Crippen LogP contribution in [0.5, 0.6) is 0 Å². The van der Waals surface area contributed by atoms with Crippen molar-refractivity contribution in [3.8, 4) is 0 Å². The van der Waals surface area contributed by atoms with E-state index >= 15 is 0 Å². The van der Waals surface area contributed by atoms with E-state index in [9.17, 15) is 77.8 Å². The first-order valence-electron chi connectivity index (χ1n) is 9.71. The molecule has 0 saturated carbocycles. The Kier molecular flexibility index (Phi) is 16.2. The van der Waals surface area contributed by atoms with Gasteiger partial charge >= 0.3 is 34.1 Å². The van der Waals surface area contributed by atoms with Crippen LogP contribution in [-0.2, 0) is 94.8 Å². The molecular weight excluding hydrogens is 808 g/mol. The predicted molar refractivity (Wildman–Crippen MR) is 127 cm³/mol. The Hall–Kier alpha value is -1.84. The average molecular weight is 820 g/mol. The minimum absolute atomic E-state index is 0. The first-order valence-corrected chi connectivity index (χ1v) is 18.2. The third-order valence-corrected chi connectivity index (χ3v) is 9.92. The van der Waals surface area contributed by atoms with Crippen LogP contribution in [0.1, 0.15) is 0 Å². The molecule has 0 unspecified atom stereocenters. The van der Waals surface area contributed by atoms with Crippen LogP contribution in [-0.4, -0.2) is 77.8 Å². The molecule has 3 aromatic carbocycles. The average Bonchev–Trinajstić information content (AvgIpc) is 2.82. The largest absolute Gasteiger partial charge is 3.00 e. The van der Waals surface area contributed by atoms with Gasteiger partial charge in [0.15, 0.2) is 0 Å². The van der Waals surface area contributed by atoms with Gasteiger partial charge in [0.2, 0.25) is 0 Å². The van der Waals surface area contributed by atoms with E-state index in [4.69, 9.17) is 0 Å². The van der Waals surface area contributed by atoms with Crippen LogP contribution in [0.3, 0.4) is 0 Å². The fourth-order valence-corrected chi connectivity index (χ4v) is 7.78. The molecule has 0 spiro atoms. The summed E-state index contributed by atoms with van der Waals surface area (Å²) >= 11 is 0. The normalized spacial score (nSPS) is 12.1. The Labute approximate surface area is 273 Å². The summed E-state index contributed by atoms with van der Waals surface area (Å²) in [6.45, 7) is 0. The van der Waals surface area contributed by atoms with Crippen LogP contribution >= 0.6 is 0 Å². The summed E-state index contributed by atoms with van der Waals surface area (Å²) in [5.41, 5.74) is 0. The van der Waals surface area contributed by atoms with Gasteiger partial charge < -0.3 is 27.3 Å². The molecule has 0 aliphatic carbocycles. The van der Waals surface area contributed by atoms with Gasteiger partial charge in [-0.2, -0.15) is 0 Å². The fourth-order valence-electron chi connectivity index (χ4n) is 2.59. The summed E-state index contributed by atoms with van der Waals surface area (Å²) in [5, 5.41) is 0. The Balaban J connectivity index is 0. The molecule has 0 bridgehead atoms. The monoisotopic (exact) mass is 820 g/mol. The van der Waals surface area contributed by atoms with Crippen molar-refractivity contribution in [3.05, 3.63) is 72.8 Å². The SMILES string of the molecule is O=S(=O)([O-])c1ccccc1S(=O)(=O)[O-].O=S(=O)([O-])c1ccccc1S(=O)(=O)[O-].O=S(=O)([O-])c1ccccc1S(=O)(=O)[O-].[Fe+3].[Fe+3]. The van der Waals surface area contributed by atoms with Gasteiger partial charge in [0.05, 0.1) is 29.4 Å². The van der Waals surface area contributed by atoms with E-state index < -0.39 is 90.1 Å². The van der Waals surface area contributed by atoms with E-state index in [2.05, 4.69) is 0 Å². The minimum Gasteiger partial charge on any atom is -0.744 e. The van der Waals surface area contributed by atoms with E-state index in [1.165, 1.54) is 0 Å². The predicted octanol–water partition coefficient (Wildman–Crippen LogP) is -1.52. The van der Waals surface area contributed by atoms with Gasteiger partial charge in [-0.15, -0.1) is 0 Å². The van der Waals surface area contributed by atoms with Crippen molar-refractivity contribution in [1.82, 2.24) is 0 Å². The van der Waals surface area contributed by atoms with Crippen LogP contribution in [0.25, 0.3) is 0 Å². The zero-order chi connectivity index (χ0) is 32.9. The molecule has 244 valence electrons. The fraction of sp³-hybridized carbons (Fsp3) is 0. The summed E-state index contributed by atoms with van der Waals surface area (Å²) in [4.78, 5) is -6.11. The Morgan fingerprint density at radius 2 is 0.364 bits per heavy atom. The molecule has 44 heavy (non-hydrogen) atoms. The Bertz CT molecular complexity index is 1730. The molecule has 0 amide bonds. The van der Waals surface area contributed by atoms with E-state index in [1.54, 1.807) is 0 Å². The van der Waals surface area contributed by atoms with E-state index in [-0.39, 0.29) is 34.1 Å². The third-order valence-electron chi connectivity index (χ3n) is 4.16. The molecule has 18 nitrogen and oxygen atoms in total. The maximum Gasteiger partial charge on any atom is 3.00 e. The Morgan fingerprint density at radius 1 is 0.273 bits per heavy atom. The maximum atomic E-state index is 10.5. The van der Waals surface area contributed by atoms with Crippen molar-refractivity contribution in [3.63, 3.8) is 0 Å².